The summed E-state index contributed by atoms with van der Waals surface area (Å²) in [5.74, 6) is 0.142. The van der Waals surface area contributed by atoms with Crippen LogP contribution in [0.4, 0.5) is 0 Å². The van der Waals surface area contributed by atoms with Gasteiger partial charge in [-0.05, 0) is 12.1 Å². The van der Waals surface area contributed by atoms with E-state index in [2.05, 4.69) is 32.7 Å². The van der Waals surface area contributed by atoms with Crippen LogP contribution < -0.4 is 5.32 Å². The lowest BCUT2D eigenvalue weighted by molar-refractivity contribution is 0.201. The van der Waals surface area contributed by atoms with E-state index in [0.29, 0.717) is 5.02 Å². The summed E-state index contributed by atoms with van der Waals surface area (Å²) in [6, 6.07) is 3.58. The van der Waals surface area contributed by atoms with Gasteiger partial charge in [-0.15, -0.1) is 6.58 Å². The lowest BCUT2D eigenvalue weighted by atomic mass is 10.0. The Kier molecular flexibility index (Phi) is 4.67. The lowest BCUT2D eigenvalue weighted by Crippen LogP contribution is -2.44. The molecule has 18 heavy (non-hydrogen) atoms. The van der Waals surface area contributed by atoms with Crippen LogP contribution in [0.1, 0.15) is 11.6 Å². The van der Waals surface area contributed by atoms with E-state index in [4.69, 9.17) is 11.6 Å². The maximum atomic E-state index is 10.1. The van der Waals surface area contributed by atoms with Gasteiger partial charge in [0.2, 0.25) is 0 Å². The summed E-state index contributed by atoms with van der Waals surface area (Å²) in [6.45, 7) is 7.65. The van der Waals surface area contributed by atoms with Crippen LogP contribution >= 0.6 is 27.5 Å². The summed E-state index contributed by atoms with van der Waals surface area (Å²) in [4.78, 5) is 2.28. The molecule has 0 radical (unpaired) electrons. The summed E-state index contributed by atoms with van der Waals surface area (Å²) < 4.78 is 0.863. The van der Waals surface area contributed by atoms with Crippen LogP contribution in [0, 0.1) is 0 Å². The quantitative estimate of drug-likeness (QED) is 0.836. The molecule has 1 atom stereocenters. The van der Waals surface area contributed by atoms with E-state index < -0.39 is 0 Å². The Morgan fingerprint density at radius 3 is 2.72 bits per heavy atom. The van der Waals surface area contributed by atoms with Gasteiger partial charge in [0.15, 0.2) is 0 Å². The fraction of sp³-hybridized carbons (Fsp3) is 0.385. The molecule has 0 bridgehead atoms. The molecule has 0 unspecified atom stereocenters. The molecule has 1 heterocycles. The molecule has 3 nitrogen and oxygen atoms in total. The number of nitrogens with zero attached hydrogens (tertiary/aromatic N) is 1. The van der Waals surface area contributed by atoms with Crippen molar-refractivity contribution in [3.05, 3.63) is 39.8 Å². The van der Waals surface area contributed by atoms with E-state index in [1.54, 1.807) is 6.07 Å². The second kappa shape index (κ2) is 6.06. The van der Waals surface area contributed by atoms with Crippen molar-refractivity contribution in [3.63, 3.8) is 0 Å². The second-order valence-corrected chi connectivity index (χ2v) is 5.61. The zero-order chi connectivity index (χ0) is 13.1. The van der Waals surface area contributed by atoms with Crippen LogP contribution in [0.3, 0.4) is 0 Å². The highest BCUT2D eigenvalue weighted by Gasteiger charge is 2.23. The zero-order valence-corrected chi connectivity index (χ0v) is 12.3. The first kappa shape index (κ1) is 13.9. The first-order valence-corrected chi connectivity index (χ1v) is 7.06. The summed E-state index contributed by atoms with van der Waals surface area (Å²) >= 11 is 9.42. The average molecular weight is 332 g/mol. The molecular formula is C13H16BrClN2O. The van der Waals surface area contributed by atoms with E-state index in [-0.39, 0.29) is 11.8 Å². The van der Waals surface area contributed by atoms with Crippen molar-refractivity contribution in [3.8, 4) is 5.75 Å². The number of phenolic OH excluding ortho intramolecular Hbond substituents is 1. The Hall–Kier alpha value is -0.550. The van der Waals surface area contributed by atoms with Crippen LogP contribution in [-0.2, 0) is 0 Å². The van der Waals surface area contributed by atoms with Gasteiger partial charge in [0.1, 0.15) is 5.75 Å². The standard InChI is InChI=1S/C13H16BrClN2O/c1-2-12(17-5-3-16-4-6-17)10-7-9(14)8-11(15)13(10)18/h2,7-8,12,16,18H,1,3-6H2/t12-/m1/s1. The molecule has 1 aromatic carbocycles. The lowest BCUT2D eigenvalue weighted by Gasteiger charge is -2.33. The topological polar surface area (TPSA) is 35.5 Å². The van der Waals surface area contributed by atoms with E-state index in [0.717, 1.165) is 36.2 Å². The number of hydrogen-bond donors (Lipinski definition) is 2. The normalized spacial score (nSPS) is 18.6. The van der Waals surface area contributed by atoms with Crippen molar-refractivity contribution in [2.45, 2.75) is 6.04 Å². The highest BCUT2D eigenvalue weighted by atomic mass is 79.9. The molecule has 98 valence electrons. The third-order valence-corrected chi connectivity index (χ3v) is 3.89. The molecule has 0 aromatic heterocycles. The number of nitrogens with one attached hydrogen (secondary N) is 1. The van der Waals surface area contributed by atoms with Crippen LogP contribution in [0.15, 0.2) is 29.3 Å². The minimum absolute atomic E-state index is 0.0119. The molecule has 1 aliphatic heterocycles. The second-order valence-electron chi connectivity index (χ2n) is 4.29. The molecule has 1 saturated heterocycles. The van der Waals surface area contributed by atoms with Gasteiger partial charge < -0.3 is 10.4 Å². The predicted octanol–water partition coefficient (Wildman–Crippen LogP) is 2.94. The molecule has 2 N–H and O–H groups in total. The van der Waals surface area contributed by atoms with Gasteiger partial charge in [0.25, 0.3) is 0 Å². The summed E-state index contributed by atoms with van der Waals surface area (Å²) in [7, 11) is 0. The van der Waals surface area contributed by atoms with Crippen molar-refractivity contribution in [1.82, 2.24) is 10.2 Å². The number of rotatable bonds is 3. The maximum Gasteiger partial charge on any atom is 0.139 e. The maximum absolute atomic E-state index is 10.1. The molecule has 0 aliphatic carbocycles. The van der Waals surface area contributed by atoms with Crippen LogP contribution in [0.5, 0.6) is 5.75 Å². The molecule has 5 heteroatoms. The fourth-order valence-corrected chi connectivity index (χ4v) is 3.08. The molecule has 1 aromatic rings. The number of halogens is 2. The third kappa shape index (κ3) is 2.88. The van der Waals surface area contributed by atoms with Gasteiger partial charge in [-0.25, -0.2) is 0 Å². The predicted molar refractivity (Wildman–Crippen MR) is 78.2 cm³/mol. The Morgan fingerprint density at radius 1 is 1.44 bits per heavy atom. The monoisotopic (exact) mass is 330 g/mol. The first-order valence-electron chi connectivity index (χ1n) is 5.88. The van der Waals surface area contributed by atoms with Crippen molar-refractivity contribution >= 4 is 27.5 Å². The molecular weight excluding hydrogens is 316 g/mol. The Morgan fingerprint density at radius 2 is 2.11 bits per heavy atom. The van der Waals surface area contributed by atoms with Crippen molar-refractivity contribution in [2.24, 2.45) is 0 Å². The van der Waals surface area contributed by atoms with Gasteiger partial charge in [0, 0.05) is 36.2 Å². The first-order chi connectivity index (χ1) is 8.63. The molecule has 0 spiro atoms. The molecule has 2 rings (SSSR count). The van der Waals surface area contributed by atoms with E-state index in [9.17, 15) is 5.11 Å². The van der Waals surface area contributed by atoms with E-state index >= 15 is 0 Å². The number of hydrogen-bond acceptors (Lipinski definition) is 3. The van der Waals surface area contributed by atoms with E-state index in [1.165, 1.54) is 0 Å². The largest absolute Gasteiger partial charge is 0.506 e. The summed E-state index contributed by atoms with van der Waals surface area (Å²) in [6.07, 6.45) is 1.85. The highest BCUT2D eigenvalue weighted by Crippen LogP contribution is 2.37. The van der Waals surface area contributed by atoms with Crippen LogP contribution in [0.25, 0.3) is 0 Å². The minimum Gasteiger partial charge on any atom is -0.506 e. The van der Waals surface area contributed by atoms with Crippen LogP contribution in [-0.4, -0.2) is 36.2 Å². The molecule has 1 aliphatic rings. The van der Waals surface area contributed by atoms with Crippen molar-refractivity contribution in [2.75, 3.05) is 26.2 Å². The number of piperazine rings is 1. The van der Waals surface area contributed by atoms with Gasteiger partial charge >= 0.3 is 0 Å². The fourth-order valence-electron chi connectivity index (χ4n) is 2.24. The minimum atomic E-state index is -0.0119. The number of benzene rings is 1. The summed E-state index contributed by atoms with van der Waals surface area (Å²) in [5, 5.41) is 13.8. The van der Waals surface area contributed by atoms with E-state index in [1.807, 2.05) is 12.1 Å². The van der Waals surface area contributed by atoms with Gasteiger partial charge in [-0.2, -0.15) is 0 Å². The average Bonchev–Trinajstić information content (AvgIpc) is 2.37. The van der Waals surface area contributed by atoms with Gasteiger partial charge in [-0.3, -0.25) is 4.90 Å². The molecule has 0 amide bonds. The number of aromatic hydroxyl groups is 1. The van der Waals surface area contributed by atoms with Gasteiger partial charge in [-0.1, -0.05) is 33.6 Å². The Bertz CT molecular complexity index is 447. The van der Waals surface area contributed by atoms with Crippen molar-refractivity contribution in [1.29, 1.82) is 0 Å². The van der Waals surface area contributed by atoms with Crippen molar-refractivity contribution < 1.29 is 5.11 Å². The molecule has 0 saturated carbocycles. The SMILES string of the molecule is C=C[C@H](c1cc(Br)cc(Cl)c1O)N1CCNCC1. The van der Waals surface area contributed by atoms with Gasteiger partial charge in [0.05, 0.1) is 11.1 Å². The molecule has 1 fully saturated rings. The zero-order valence-electron chi connectivity index (χ0n) is 10.00. The third-order valence-electron chi connectivity index (χ3n) is 3.14. The smallest absolute Gasteiger partial charge is 0.139 e. The Balaban J connectivity index is 2.34. The number of phenols is 1. The summed E-state index contributed by atoms with van der Waals surface area (Å²) in [5.41, 5.74) is 0.797. The Labute approximate surface area is 121 Å². The van der Waals surface area contributed by atoms with Crippen LogP contribution in [0.2, 0.25) is 5.02 Å². The highest BCUT2D eigenvalue weighted by molar-refractivity contribution is 9.10.